The molecule has 4 heteroatoms. The van der Waals surface area contributed by atoms with E-state index in [0.717, 1.165) is 0 Å². The van der Waals surface area contributed by atoms with E-state index in [1.807, 2.05) is 0 Å². The van der Waals surface area contributed by atoms with E-state index in [0.29, 0.717) is 0 Å². The van der Waals surface area contributed by atoms with Crippen molar-refractivity contribution in [3.8, 4) is 0 Å². The van der Waals surface area contributed by atoms with E-state index >= 15 is 0 Å². The molecule has 8 heavy (non-hydrogen) atoms. The number of hydrogen-bond acceptors (Lipinski definition) is 2. The van der Waals surface area contributed by atoms with Crippen molar-refractivity contribution in [2.75, 3.05) is 7.05 Å². The van der Waals surface area contributed by atoms with E-state index in [-0.39, 0.29) is 5.25 Å². The van der Waals surface area contributed by atoms with Gasteiger partial charge in [0.15, 0.2) is 0 Å². The standard InChI is InChI=1S/C4H10NO2S/c1-4(2)8(6,7)5-3/h4H,1-3H3. The Morgan fingerprint density at radius 1 is 1.38 bits per heavy atom. The first-order valence-corrected chi connectivity index (χ1v) is 3.86. The van der Waals surface area contributed by atoms with Crippen molar-refractivity contribution >= 4 is 10.0 Å². The van der Waals surface area contributed by atoms with Crippen LogP contribution in [0.4, 0.5) is 0 Å². The highest BCUT2D eigenvalue weighted by Crippen LogP contribution is 1.94. The largest absolute Gasteiger partial charge is 0.229 e. The molecule has 0 saturated carbocycles. The molecule has 1 radical (unpaired) electrons. The SMILES string of the molecule is C[N]S(=O)(=O)C(C)C. The zero-order valence-electron chi connectivity index (χ0n) is 5.25. The van der Waals surface area contributed by atoms with Crippen molar-refractivity contribution in [1.29, 1.82) is 0 Å². The van der Waals surface area contributed by atoms with Crippen molar-refractivity contribution in [3.63, 3.8) is 0 Å². The summed E-state index contributed by atoms with van der Waals surface area (Å²) in [6.07, 6.45) is 0. The highest BCUT2D eigenvalue weighted by atomic mass is 32.2. The van der Waals surface area contributed by atoms with Gasteiger partial charge in [-0.3, -0.25) is 0 Å². The molecule has 0 heterocycles. The van der Waals surface area contributed by atoms with Gasteiger partial charge in [0.25, 0.3) is 0 Å². The van der Waals surface area contributed by atoms with Gasteiger partial charge >= 0.3 is 0 Å². The van der Waals surface area contributed by atoms with Crippen LogP contribution >= 0.6 is 0 Å². The minimum Gasteiger partial charge on any atom is -0.211 e. The first kappa shape index (κ1) is 7.91. The van der Waals surface area contributed by atoms with Crippen LogP contribution in [-0.4, -0.2) is 20.7 Å². The lowest BCUT2D eigenvalue weighted by atomic mass is 10.6. The molecule has 0 N–H and O–H groups in total. The molecule has 49 valence electrons. The van der Waals surface area contributed by atoms with Crippen molar-refractivity contribution in [3.05, 3.63) is 0 Å². The zero-order valence-corrected chi connectivity index (χ0v) is 6.07. The fraction of sp³-hybridized carbons (Fsp3) is 1.00. The topological polar surface area (TPSA) is 48.2 Å². The average Bonchev–Trinajstić information content (AvgIpc) is 1.67. The Hall–Kier alpha value is -0.0900. The van der Waals surface area contributed by atoms with Crippen LogP contribution < -0.4 is 4.72 Å². The Morgan fingerprint density at radius 3 is 1.75 bits per heavy atom. The minimum absolute atomic E-state index is 0.382. The quantitative estimate of drug-likeness (QED) is 0.534. The summed E-state index contributed by atoms with van der Waals surface area (Å²) in [7, 11) is -1.82. The normalized spacial score (nSPS) is 12.5. The van der Waals surface area contributed by atoms with Gasteiger partial charge in [0.05, 0.1) is 5.25 Å². The van der Waals surface area contributed by atoms with Crippen molar-refractivity contribution in [1.82, 2.24) is 4.72 Å². The molecule has 0 aromatic heterocycles. The van der Waals surface area contributed by atoms with E-state index in [4.69, 9.17) is 0 Å². The van der Waals surface area contributed by atoms with Crippen LogP contribution in [0.1, 0.15) is 13.8 Å². The fourth-order valence-corrected chi connectivity index (χ4v) is 0.632. The summed E-state index contributed by atoms with van der Waals surface area (Å²) in [5.41, 5.74) is 0. The van der Waals surface area contributed by atoms with Gasteiger partial charge in [0.2, 0.25) is 10.0 Å². The van der Waals surface area contributed by atoms with Gasteiger partial charge in [-0.25, -0.2) is 8.42 Å². The monoisotopic (exact) mass is 136 g/mol. The van der Waals surface area contributed by atoms with Gasteiger partial charge in [0, 0.05) is 7.05 Å². The maximum Gasteiger partial charge on any atom is 0.229 e. The summed E-state index contributed by atoms with van der Waals surface area (Å²) in [6, 6.07) is 0. The Labute approximate surface area is 50.1 Å². The van der Waals surface area contributed by atoms with Gasteiger partial charge in [0.1, 0.15) is 0 Å². The van der Waals surface area contributed by atoms with Gasteiger partial charge in [-0.05, 0) is 13.8 Å². The molecule has 0 unspecified atom stereocenters. The first-order valence-electron chi connectivity index (χ1n) is 2.35. The Bertz CT molecular complexity index is 147. The van der Waals surface area contributed by atoms with Crippen LogP contribution in [0.15, 0.2) is 0 Å². The van der Waals surface area contributed by atoms with Gasteiger partial charge in [-0.2, -0.15) is 0 Å². The number of sulfonamides is 1. The molecule has 0 aliphatic carbocycles. The summed E-state index contributed by atoms with van der Waals surface area (Å²) >= 11 is 0. The second-order valence-corrected chi connectivity index (χ2v) is 4.08. The number of hydrogen-bond donors (Lipinski definition) is 0. The Balaban J connectivity index is 4.17. The molecule has 0 spiro atoms. The lowest BCUT2D eigenvalue weighted by molar-refractivity contribution is 0.578. The fourth-order valence-electron chi connectivity index (χ4n) is 0.211. The highest BCUT2D eigenvalue weighted by molar-refractivity contribution is 7.89. The van der Waals surface area contributed by atoms with Crippen LogP contribution in [0.5, 0.6) is 0 Å². The Morgan fingerprint density at radius 2 is 1.75 bits per heavy atom. The molecule has 0 rings (SSSR count). The second-order valence-electron chi connectivity index (χ2n) is 1.75. The molecule has 0 aromatic carbocycles. The summed E-state index contributed by atoms with van der Waals surface area (Å²) in [5, 5.41) is -0.382. The van der Waals surface area contributed by atoms with Gasteiger partial charge < -0.3 is 0 Å². The molecule has 0 atom stereocenters. The lowest BCUT2D eigenvalue weighted by Crippen LogP contribution is -2.21. The molecule has 0 bridgehead atoms. The summed E-state index contributed by atoms with van der Waals surface area (Å²) in [6.45, 7) is 3.20. The van der Waals surface area contributed by atoms with Crippen molar-refractivity contribution in [2.24, 2.45) is 0 Å². The summed E-state index contributed by atoms with van der Waals surface area (Å²) < 4.78 is 24.3. The second kappa shape index (κ2) is 2.46. The number of nitrogens with zero attached hydrogens (tertiary/aromatic N) is 1. The summed E-state index contributed by atoms with van der Waals surface area (Å²) in [4.78, 5) is 0. The molecular weight excluding hydrogens is 126 g/mol. The third-order valence-corrected chi connectivity index (χ3v) is 2.55. The van der Waals surface area contributed by atoms with Crippen LogP contribution in [-0.2, 0) is 10.0 Å². The van der Waals surface area contributed by atoms with E-state index < -0.39 is 10.0 Å². The van der Waals surface area contributed by atoms with Crippen LogP contribution in [0.2, 0.25) is 0 Å². The average molecular weight is 136 g/mol. The molecule has 0 amide bonds. The van der Waals surface area contributed by atoms with E-state index in [9.17, 15) is 8.42 Å². The lowest BCUT2D eigenvalue weighted by Gasteiger charge is -2.00. The van der Waals surface area contributed by atoms with Crippen molar-refractivity contribution in [2.45, 2.75) is 19.1 Å². The smallest absolute Gasteiger partial charge is 0.211 e. The summed E-state index contributed by atoms with van der Waals surface area (Å²) in [5.74, 6) is 0. The van der Waals surface area contributed by atoms with Gasteiger partial charge in [-0.1, -0.05) is 0 Å². The van der Waals surface area contributed by atoms with E-state index in [1.165, 1.54) is 7.05 Å². The first-order chi connectivity index (χ1) is 3.50. The highest BCUT2D eigenvalue weighted by Gasteiger charge is 2.12. The molecule has 0 saturated heterocycles. The Kier molecular flexibility index (Phi) is 2.43. The molecule has 0 aliphatic rings. The molecule has 0 aromatic rings. The van der Waals surface area contributed by atoms with E-state index in [2.05, 4.69) is 4.72 Å². The minimum atomic E-state index is -3.11. The van der Waals surface area contributed by atoms with Crippen LogP contribution in [0.25, 0.3) is 0 Å². The molecule has 3 nitrogen and oxygen atoms in total. The maximum absolute atomic E-state index is 10.5. The van der Waals surface area contributed by atoms with Crippen LogP contribution in [0.3, 0.4) is 0 Å². The molecular formula is C4H10NO2S. The third kappa shape index (κ3) is 1.79. The molecule has 0 fully saturated rings. The van der Waals surface area contributed by atoms with Crippen LogP contribution in [0, 0.1) is 0 Å². The predicted molar refractivity (Wildman–Crippen MR) is 32.1 cm³/mol. The third-order valence-electron chi connectivity index (χ3n) is 0.850. The van der Waals surface area contributed by atoms with Crippen molar-refractivity contribution < 1.29 is 8.42 Å². The van der Waals surface area contributed by atoms with E-state index in [1.54, 1.807) is 13.8 Å². The predicted octanol–water partition coefficient (Wildman–Crippen LogP) is -0.0412. The molecule has 0 aliphatic heterocycles. The van der Waals surface area contributed by atoms with Gasteiger partial charge in [-0.15, -0.1) is 4.72 Å². The zero-order chi connectivity index (χ0) is 6.78. The maximum atomic E-state index is 10.5. The number of rotatable bonds is 2.